The van der Waals surface area contributed by atoms with Gasteiger partial charge in [-0.1, -0.05) is 39.3 Å². The van der Waals surface area contributed by atoms with Crippen LogP contribution in [0, 0.1) is 0 Å². The minimum absolute atomic E-state index is 0.373. The van der Waals surface area contributed by atoms with Crippen LogP contribution in [0.1, 0.15) is 12.8 Å². The number of carbonyl (C=O) groups excluding carboxylic acids is 1. The Bertz CT molecular complexity index is 228. The number of nitrogens with zero attached hydrogens (tertiary/aromatic N) is 1. The first-order chi connectivity index (χ1) is 6.64. The Labute approximate surface area is 96.1 Å². The molecular formula is C11H25NOSi2. The minimum Gasteiger partial charge on any atom is -0.370 e. The van der Waals surface area contributed by atoms with Crippen LogP contribution in [0.2, 0.25) is 44.8 Å². The summed E-state index contributed by atoms with van der Waals surface area (Å²) < 4.78 is 2.22. The number of piperidine rings is 1. The van der Waals surface area contributed by atoms with Gasteiger partial charge in [0.05, 0.1) is 8.07 Å². The number of hydrogen-bond acceptors (Lipinski definition) is 1. The Morgan fingerprint density at radius 2 is 1.67 bits per heavy atom. The van der Waals surface area contributed by atoms with Gasteiger partial charge in [0.25, 0.3) is 0 Å². The second kappa shape index (κ2) is 4.05. The largest absolute Gasteiger partial charge is 0.370 e. The molecule has 1 saturated heterocycles. The monoisotopic (exact) mass is 243 g/mol. The van der Waals surface area contributed by atoms with E-state index in [-0.39, 0.29) is 0 Å². The van der Waals surface area contributed by atoms with E-state index in [4.69, 9.17) is 0 Å². The molecule has 0 N–H and O–H groups in total. The molecule has 1 aliphatic rings. The molecule has 88 valence electrons. The SMILES string of the molecule is C[Si](C)(C)C1CCCN([Si](C)(C)C)C1=O. The van der Waals surface area contributed by atoms with Gasteiger partial charge >= 0.3 is 0 Å². The number of amides is 1. The van der Waals surface area contributed by atoms with Gasteiger partial charge in [-0.3, -0.25) is 4.79 Å². The summed E-state index contributed by atoms with van der Waals surface area (Å²) in [7, 11) is -2.74. The Kier molecular flexibility index (Phi) is 3.50. The molecule has 4 heteroatoms. The molecule has 0 radical (unpaired) electrons. The van der Waals surface area contributed by atoms with Crippen molar-refractivity contribution in [3.63, 3.8) is 0 Å². The highest BCUT2D eigenvalue weighted by atomic mass is 28.3. The Hall–Kier alpha value is -0.0962. The van der Waals surface area contributed by atoms with Gasteiger partial charge in [-0.2, -0.15) is 0 Å². The van der Waals surface area contributed by atoms with Crippen molar-refractivity contribution in [3.8, 4) is 0 Å². The summed E-state index contributed by atoms with van der Waals surface area (Å²) in [6.45, 7) is 14.8. The van der Waals surface area contributed by atoms with Gasteiger partial charge in [0.1, 0.15) is 0 Å². The Morgan fingerprint density at radius 1 is 1.13 bits per heavy atom. The molecule has 15 heavy (non-hydrogen) atoms. The average molecular weight is 243 g/mol. The van der Waals surface area contributed by atoms with E-state index in [9.17, 15) is 4.79 Å². The van der Waals surface area contributed by atoms with Crippen molar-refractivity contribution in [3.05, 3.63) is 0 Å². The second-order valence-corrected chi connectivity index (χ2v) is 17.0. The molecule has 0 aromatic carbocycles. The summed E-state index contributed by atoms with van der Waals surface area (Å²) in [5.74, 6) is 0.472. The molecule has 0 saturated carbocycles. The average Bonchev–Trinajstić information content (AvgIpc) is 1.99. The third-order valence-electron chi connectivity index (χ3n) is 3.29. The molecule has 0 aromatic rings. The van der Waals surface area contributed by atoms with Crippen molar-refractivity contribution >= 4 is 22.2 Å². The van der Waals surface area contributed by atoms with Crippen molar-refractivity contribution < 1.29 is 4.79 Å². The maximum absolute atomic E-state index is 12.4. The standard InChI is InChI=1S/C11H25NOSi2/c1-14(2,3)10-8-7-9-12(11(10)13)15(4,5)6/h10H,7-9H2,1-6H3. The summed E-state index contributed by atoms with van der Waals surface area (Å²) >= 11 is 0. The fourth-order valence-electron chi connectivity index (χ4n) is 2.34. The molecular weight excluding hydrogens is 218 g/mol. The van der Waals surface area contributed by atoms with E-state index in [1.807, 2.05) is 0 Å². The van der Waals surface area contributed by atoms with E-state index in [0.29, 0.717) is 11.4 Å². The maximum Gasteiger partial charge on any atom is 0.215 e. The smallest absolute Gasteiger partial charge is 0.215 e. The lowest BCUT2D eigenvalue weighted by Crippen LogP contribution is -2.56. The van der Waals surface area contributed by atoms with Crippen LogP contribution in [-0.2, 0) is 4.79 Å². The molecule has 2 nitrogen and oxygen atoms in total. The first-order valence-electron chi connectivity index (χ1n) is 5.95. The van der Waals surface area contributed by atoms with E-state index in [1.165, 1.54) is 6.42 Å². The summed E-state index contributed by atoms with van der Waals surface area (Å²) in [4.78, 5) is 12.4. The molecule has 1 atom stereocenters. The lowest BCUT2D eigenvalue weighted by atomic mass is 10.1. The topological polar surface area (TPSA) is 20.3 Å². The maximum atomic E-state index is 12.4. The predicted molar refractivity (Wildman–Crippen MR) is 71.4 cm³/mol. The van der Waals surface area contributed by atoms with Crippen molar-refractivity contribution in [2.24, 2.45) is 0 Å². The van der Waals surface area contributed by atoms with Crippen LogP contribution in [-0.4, -0.2) is 33.3 Å². The van der Waals surface area contributed by atoms with Gasteiger partial charge in [0.2, 0.25) is 5.91 Å². The lowest BCUT2D eigenvalue weighted by Gasteiger charge is -2.43. The number of rotatable bonds is 2. The van der Waals surface area contributed by atoms with E-state index in [2.05, 4.69) is 43.8 Å². The van der Waals surface area contributed by atoms with Crippen molar-refractivity contribution in [2.45, 2.75) is 57.7 Å². The Morgan fingerprint density at radius 3 is 2.07 bits per heavy atom. The number of carbonyl (C=O) groups is 1. The molecule has 1 aliphatic heterocycles. The van der Waals surface area contributed by atoms with E-state index in [0.717, 1.165) is 13.0 Å². The third kappa shape index (κ3) is 2.94. The molecule has 1 fully saturated rings. The van der Waals surface area contributed by atoms with Crippen LogP contribution in [0.15, 0.2) is 0 Å². The Balaban J connectivity index is 2.86. The van der Waals surface area contributed by atoms with Gasteiger partial charge in [-0.05, 0) is 12.8 Å². The van der Waals surface area contributed by atoms with Crippen LogP contribution in [0.5, 0.6) is 0 Å². The van der Waals surface area contributed by atoms with Gasteiger partial charge in [-0.15, -0.1) is 0 Å². The van der Waals surface area contributed by atoms with Crippen molar-refractivity contribution in [1.82, 2.24) is 4.57 Å². The van der Waals surface area contributed by atoms with Crippen molar-refractivity contribution in [2.75, 3.05) is 6.54 Å². The number of hydrogen-bond donors (Lipinski definition) is 0. The summed E-state index contributed by atoms with van der Waals surface area (Å²) in [5, 5.41) is 0. The van der Waals surface area contributed by atoms with Gasteiger partial charge < -0.3 is 4.57 Å². The first kappa shape index (κ1) is 13.0. The molecule has 0 aliphatic carbocycles. The highest BCUT2D eigenvalue weighted by Crippen LogP contribution is 2.34. The summed E-state index contributed by atoms with van der Waals surface area (Å²) in [5.41, 5.74) is 0.373. The van der Waals surface area contributed by atoms with Gasteiger partial charge in [0.15, 0.2) is 8.24 Å². The zero-order chi connectivity index (χ0) is 11.9. The lowest BCUT2D eigenvalue weighted by molar-refractivity contribution is -0.128. The quantitative estimate of drug-likeness (QED) is 0.682. The van der Waals surface area contributed by atoms with Gasteiger partial charge in [0, 0.05) is 12.1 Å². The second-order valence-electron chi connectivity index (χ2n) is 6.72. The van der Waals surface area contributed by atoms with E-state index < -0.39 is 16.3 Å². The molecule has 0 bridgehead atoms. The normalized spacial score (nSPS) is 24.5. The molecule has 1 heterocycles. The molecule has 0 spiro atoms. The van der Waals surface area contributed by atoms with E-state index >= 15 is 0 Å². The minimum atomic E-state index is -1.43. The molecule has 0 aromatic heterocycles. The van der Waals surface area contributed by atoms with Crippen LogP contribution >= 0.6 is 0 Å². The zero-order valence-electron chi connectivity index (χ0n) is 11.1. The molecule has 1 rings (SSSR count). The predicted octanol–water partition coefficient (Wildman–Crippen LogP) is 3.15. The highest BCUT2D eigenvalue weighted by molar-refractivity contribution is 6.82. The summed E-state index contributed by atoms with van der Waals surface area (Å²) in [6, 6.07) is 0. The van der Waals surface area contributed by atoms with Crippen molar-refractivity contribution in [1.29, 1.82) is 0 Å². The van der Waals surface area contributed by atoms with Crippen LogP contribution < -0.4 is 0 Å². The molecule has 1 unspecified atom stereocenters. The third-order valence-corrected chi connectivity index (χ3v) is 7.98. The van der Waals surface area contributed by atoms with Crippen LogP contribution in [0.25, 0.3) is 0 Å². The molecule has 1 amide bonds. The van der Waals surface area contributed by atoms with Crippen LogP contribution in [0.3, 0.4) is 0 Å². The highest BCUT2D eigenvalue weighted by Gasteiger charge is 2.41. The fraction of sp³-hybridized carbons (Fsp3) is 0.909. The fourth-order valence-corrected chi connectivity index (χ4v) is 6.09. The van der Waals surface area contributed by atoms with Gasteiger partial charge in [-0.25, -0.2) is 0 Å². The first-order valence-corrected chi connectivity index (χ1v) is 13.0. The summed E-state index contributed by atoms with van der Waals surface area (Å²) in [6.07, 6.45) is 2.35. The van der Waals surface area contributed by atoms with Crippen LogP contribution in [0.4, 0.5) is 0 Å². The van der Waals surface area contributed by atoms with E-state index in [1.54, 1.807) is 0 Å². The zero-order valence-corrected chi connectivity index (χ0v) is 13.1.